The number of hydrogen-bond donors (Lipinski definition) is 3. The lowest BCUT2D eigenvalue weighted by molar-refractivity contribution is 0.102. The minimum Gasteiger partial charge on any atom is -0.397 e. The second-order valence-electron chi connectivity index (χ2n) is 8.02. The van der Waals surface area contributed by atoms with Gasteiger partial charge in [0.25, 0.3) is 5.91 Å². The van der Waals surface area contributed by atoms with Crippen LogP contribution in [0.25, 0.3) is 17.2 Å². The molecule has 0 fully saturated rings. The van der Waals surface area contributed by atoms with Crippen LogP contribution in [0, 0.1) is 6.92 Å². The third-order valence-electron chi connectivity index (χ3n) is 5.60. The van der Waals surface area contributed by atoms with Crippen molar-refractivity contribution in [3.8, 4) is 11.4 Å². The van der Waals surface area contributed by atoms with Crippen molar-refractivity contribution in [2.24, 2.45) is 0 Å². The van der Waals surface area contributed by atoms with Gasteiger partial charge in [-0.3, -0.25) is 9.20 Å². The van der Waals surface area contributed by atoms with Gasteiger partial charge in [0.2, 0.25) is 11.7 Å². The number of nitrogens with two attached hydrogens (primary N) is 1. The Hall–Kier alpha value is -4.79. The fraction of sp³-hybridized carbons (Fsp3) is 0.115. The normalized spacial score (nSPS) is 10.9. The molecule has 174 valence electrons. The van der Waals surface area contributed by atoms with Gasteiger partial charge in [0.15, 0.2) is 0 Å². The Kier molecular flexibility index (Phi) is 6.04. The maximum Gasteiger partial charge on any atom is 0.255 e. The SMILES string of the molecule is Cc1nc2ncccn2c1-c1ccnc(NCCc2ccc(C(=O)Nc3ccccc3N)cc2)n1. The van der Waals surface area contributed by atoms with Gasteiger partial charge < -0.3 is 16.4 Å². The lowest BCUT2D eigenvalue weighted by atomic mass is 10.1. The Balaban J connectivity index is 1.21. The lowest BCUT2D eigenvalue weighted by Crippen LogP contribution is -2.13. The molecule has 5 aromatic rings. The van der Waals surface area contributed by atoms with Crippen LogP contribution in [-0.4, -0.2) is 36.8 Å². The molecule has 9 heteroatoms. The summed E-state index contributed by atoms with van der Waals surface area (Å²) in [6.07, 6.45) is 6.12. The van der Waals surface area contributed by atoms with E-state index in [9.17, 15) is 4.79 Å². The van der Waals surface area contributed by atoms with Gasteiger partial charge in [0, 0.05) is 30.7 Å². The van der Waals surface area contributed by atoms with Crippen molar-refractivity contribution in [3.05, 3.63) is 96.1 Å². The first-order valence-corrected chi connectivity index (χ1v) is 11.2. The molecule has 0 saturated carbocycles. The molecule has 9 nitrogen and oxygen atoms in total. The van der Waals surface area contributed by atoms with Crippen LogP contribution >= 0.6 is 0 Å². The molecular weight excluding hydrogens is 440 g/mol. The monoisotopic (exact) mass is 464 g/mol. The summed E-state index contributed by atoms with van der Waals surface area (Å²) in [5, 5.41) is 6.12. The van der Waals surface area contributed by atoms with Gasteiger partial charge in [-0.1, -0.05) is 24.3 Å². The minimum atomic E-state index is -0.198. The molecule has 0 bridgehead atoms. The van der Waals surface area contributed by atoms with Gasteiger partial charge >= 0.3 is 0 Å². The van der Waals surface area contributed by atoms with Crippen molar-refractivity contribution in [3.63, 3.8) is 0 Å². The summed E-state index contributed by atoms with van der Waals surface area (Å²) in [5.74, 6) is 0.977. The van der Waals surface area contributed by atoms with E-state index in [1.54, 1.807) is 24.5 Å². The summed E-state index contributed by atoms with van der Waals surface area (Å²) in [5.41, 5.74) is 11.2. The summed E-state index contributed by atoms with van der Waals surface area (Å²) >= 11 is 0. The molecule has 0 aliphatic rings. The van der Waals surface area contributed by atoms with Crippen molar-refractivity contribution in [2.75, 3.05) is 22.9 Å². The van der Waals surface area contributed by atoms with Gasteiger partial charge in [-0.05, 0) is 55.3 Å². The highest BCUT2D eigenvalue weighted by Crippen LogP contribution is 2.23. The largest absolute Gasteiger partial charge is 0.397 e. The van der Waals surface area contributed by atoms with Crippen LogP contribution in [-0.2, 0) is 6.42 Å². The number of carbonyl (C=O) groups is 1. The number of para-hydroxylation sites is 2. The Bertz CT molecular complexity index is 1490. The number of aryl methyl sites for hydroxylation is 1. The average Bonchev–Trinajstić information content (AvgIpc) is 3.21. The number of carbonyl (C=O) groups excluding carboxylic acids is 1. The molecule has 5 rings (SSSR count). The summed E-state index contributed by atoms with van der Waals surface area (Å²) in [6.45, 7) is 2.58. The van der Waals surface area contributed by atoms with Crippen LogP contribution in [0.4, 0.5) is 17.3 Å². The van der Waals surface area contributed by atoms with E-state index in [0.29, 0.717) is 35.2 Å². The topological polar surface area (TPSA) is 123 Å². The van der Waals surface area contributed by atoms with Gasteiger partial charge in [-0.2, -0.15) is 0 Å². The summed E-state index contributed by atoms with van der Waals surface area (Å²) in [4.78, 5) is 30.3. The zero-order chi connectivity index (χ0) is 24.2. The highest BCUT2D eigenvalue weighted by atomic mass is 16.1. The average molecular weight is 465 g/mol. The quantitative estimate of drug-likeness (QED) is 0.311. The first-order chi connectivity index (χ1) is 17.1. The number of amides is 1. The number of anilines is 3. The van der Waals surface area contributed by atoms with Crippen molar-refractivity contribution < 1.29 is 4.79 Å². The van der Waals surface area contributed by atoms with Gasteiger partial charge in [0.1, 0.15) is 0 Å². The number of imidazole rings is 1. The van der Waals surface area contributed by atoms with E-state index in [-0.39, 0.29) is 5.91 Å². The molecule has 1 amide bonds. The predicted molar refractivity (Wildman–Crippen MR) is 136 cm³/mol. The van der Waals surface area contributed by atoms with Crippen LogP contribution in [0.1, 0.15) is 21.6 Å². The van der Waals surface area contributed by atoms with Crippen LogP contribution < -0.4 is 16.4 Å². The fourth-order valence-corrected chi connectivity index (χ4v) is 3.83. The van der Waals surface area contributed by atoms with Crippen LogP contribution in [0.5, 0.6) is 0 Å². The molecular formula is C26H24N8O. The predicted octanol–water partition coefficient (Wildman–Crippen LogP) is 3.98. The van der Waals surface area contributed by atoms with E-state index < -0.39 is 0 Å². The Morgan fingerprint density at radius 3 is 2.63 bits per heavy atom. The van der Waals surface area contributed by atoms with E-state index in [2.05, 4.69) is 30.6 Å². The maximum absolute atomic E-state index is 12.5. The van der Waals surface area contributed by atoms with Crippen LogP contribution in [0.2, 0.25) is 0 Å². The molecule has 3 aromatic heterocycles. The first-order valence-electron chi connectivity index (χ1n) is 11.2. The summed E-state index contributed by atoms with van der Waals surface area (Å²) in [7, 11) is 0. The molecule has 0 aliphatic heterocycles. The number of rotatable bonds is 7. The van der Waals surface area contributed by atoms with E-state index in [0.717, 1.165) is 29.1 Å². The zero-order valence-corrected chi connectivity index (χ0v) is 19.1. The smallest absolute Gasteiger partial charge is 0.255 e. The Morgan fingerprint density at radius 2 is 1.80 bits per heavy atom. The van der Waals surface area contributed by atoms with E-state index in [1.807, 2.05) is 66.1 Å². The number of nitrogen functional groups attached to an aromatic ring is 1. The Morgan fingerprint density at radius 1 is 0.971 bits per heavy atom. The van der Waals surface area contributed by atoms with Gasteiger partial charge in [-0.25, -0.2) is 19.9 Å². The van der Waals surface area contributed by atoms with Crippen LogP contribution in [0.15, 0.2) is 79.3 Å². The van der Waals surface area contributed by atoms with Gasteiger partial charge in [-0.15, -0.1) is 0 Å². The number of hydrogen-bond acceptors (Lipinski definition) is 7. The molecule has 0 unspecified atom stereocenters. The summed E-state index contributed by atoms with van der Waals surface area (Å²) in [6, 6.07) is 18.4. The minimum absolute atomic E-state index is 0.198. The molecule has 0 atom stereocenters. The van der Waals surface area contributed by atoms with Crippen molar-refractivity contribution >= 4 is 29.0 Å². The summed E-state index contributed by atoms with van der Waals surface area (Å²) < 4.78 is 1.92. The van der Waals surface area contributed by atoms with E-state index in [4.69, 9.17) is 5.73 Å². The number of nitrogens with one attached hydrogen (secondary N) is 2. The molecule has 2 aromatic carbocycles. The van der Waals surface area contributed by atoms with E-state index in [1.165, 1.54) is 0 Å². The number of benzene rings is 2. The van der Waals surface area contributed by atoms with Crippen LogP contribution in [0.3, 0.4) is 0 Å². The van der Waals surface area contributed by atoms with Crippen molar-refractivity contribution in [1.29, 1.82) is 0 Å². The number of nitrogens with zero attached hydrogens (tertiary/aromatic N) is 5. The Labute approximate surface area is 202 Å². The third-order valence-corrected chi connectivity index (χ3v) is 5.60. The molecule has 0 radical (unpaired) electrons. The second-order valence-corrected chi connectivity index (χ2v) is 8.02. The first kappa shape index (κ1) is 22.0. The molecule has 0 saturated heterocycles. The highest BCUT2D eigenvalue weighted by Gasteiger charge is 2.13. The van der Waals surface area contributed by atoms with E-state index >= 15 is 0 Å². The highest BCUT2D eigenvalue weighted by molar-refractivity contribution is 6.05. The molecule has 35 heavy (non-hydrogen) atoms. The fourth-order valence-electron chi connectivity index (χ4n) is 3.83. The lowest BCUT2D eigenvalue weighted by Gasteiger charge is -2.09. The molecule has 4 N–H and O–H groups in total. The molecule has 0 aliphatic carbocycles. The molecule has 3 heterocycles. The molecule has 0 spiro atoms. The van der Waals surface area contributed by atoms with Crippen molar-refractivity contribution in [1.82, 2.24) is 24.3 Å². The number of aromatic nitrogens is 5. The van der Waals surface area contributed by atoms with Gasteiger partial charge in [0.05, 0.1) is 28.5 Å². The zero-order valence-electron chi connectivity index (χ0n) is 19.1. The maximum atomic E-state index is 12.5. The van der Waals surface area contributed by atoms with Crippen molar-refractivity contribution in [2.45, 2.75) is 13.3 Å². The second kappa shape index (κ2) is 9.60. The number of fused-ring (bicyclic) bond motifs is 1. The third kappa shape index (κ3) is 4.79. The standard InChI is InChI=1S/C26H24N8O/c1-17-23(34-16-4-13-30-26(34)31-17)22-12-15-29-25(33-22)28-14-11-18-7-9-19(10-8-18)24(35)32-21-6-3-2-5-20(21)27/h2-10,12-13,15-16H,11,14,27H2,1H3,(H,32,35)(H,28,29,33).